The molecule has 3 rings (SSSR count). The van der Waals surface area contributed by atoms with Crippen LogP contribution < -0.4 is 10.1 Å². The number of rotatable bonds is 8. The molecular weight excluding hydrogens is 344 g/mol. The second-order valence-electron chi connectivity index (χ2n) is 6.20. The monoisotopic (exact) mass is 366 g/mol. The Morgan fingerprint density at radius 1 is 1.19 bits per heavy atom. The molecule has 7 nitrogen and oxygen atoms in total. The van der Waals surface area contributed by atoms with Gasteiger partial charge in [-0.3, -0.25) is 4.79 Å². The fourth-order valence-electron chi connectivity index (χ4n) is 2.46. The highest BCUT2D eigenvalue weighted by Gasteiger charge is 2.13. The minimum atomic E-state index is -0.171. The Morgan fingerprint density at radius 3 is 2.59 bits per heavy atom. The number of anilines is 1. The highest BCUT2D eigenvalue weighted by molar-refractivity contribution is 5.92. The first-order valence-electron chi connectivity index (χ1n) is 8.77. The van der Waals surface area contributed by atoms with Gasteiger partial charge >= 0.3 is 0 Å². The van der Waals surface area contributed by atoms with Crippen molar-refractivity contribution >= 4 is 11.6 Å². The van der Waals surface area contributed by atoms with Crippen molar-refractivity contribution < 1.29 is 14.6 Å². The van der Waals surface area contributed by atoms with Crippen LogP contribution in [0.3, 0.4) is 0 Å². The van der Waals surface area contributed by atoms with Gasteiger partial charge in [0.05, 0.1) is 25.1 Å². The summed E-state index contributed by atoms with van der Waals surface area (Å²) >= 11 is 0. The number of benzene rings is 2. The van der Waals surface area contributed by atoms with Crippen molar-refractivity contribution in [1.82, 2.24) is 15.0 Å². The largest absolute Gasteiger partial charge is 0.494 e. The summed E-state index contributed by atoms with van der Waals surface area (Å²) in [4.78, 5) is 12.3. The number of amides is 1. The van der Waals surface area contributed by atoms with Crippen LogP contribution in [0, 0.1) is 5.92 Å². The number of nitrogens with zero attached hydrogens (tertiary/aromatic N) is 3. The first kappa shape index (κ1) is 18.6. The molecule has 2 aromatic carbocycles. The zero-order valence-electron chi connectivity index (χ0n) is 15.1. The van der Waals surface area contributed by atoms with Gasteiger partial charge in [-0.15, -0.1) is 5.10 Å². The summed E-state index contributed by atoms with van der Waals surface area (Å²) < 4.78 is 7.21. The minimum absolute atomic E-state index is 0.0530. The molecule has 0 bridgehead atoms. The third kappa shape index (κ3) is 5.15. The maximum absolute atomic E-state index is 12.3. The number of hydrogen-bond donors (Lipinski definition) is 2. The van der Waals surface area contributed by atoms with Crippen molar-refractivity contribution in [3.63, 3.8) is 0 Å². The number of aromatic nitrogens is 3. The lowest BCUT2D eigenvalue weighted by molar-refractivity contribution is -0.119. The molecule has 0 aliphatic carbocycles. The van der Waals surface area contributed by atoms with Crippen LogP contribution in [0.5, 0.6) is 5.75 Å². The Labute approximate surface area is 157 Å². The molecule has 2 N–H and O–H groups in total. The number of para-hydroxylation sites is 1. The molecule has 1 aromatic heterocycles. The molecule has 0 aliphatic rings. The van der Waals surface area contributed by atoms with Crippen molar-refractivity contribution in [3.05, 3.63) is 66.5 Å². The first-order valence-corrected chi connectivity index (χ1v) is 8.77. The van der Waals surface area contributed by atoms with Gasteiger partial charge in [0.1, 0.15) is 11.4 Å². The number of carbonyl (C=O) groups is 1. The Hall–Kier alpha value is -3.19. The van der Waals surface area contributed by atoms with Crippen molar-refractivity contribution in [2.24, 2.45) is 5.92 Å². The molecule has 27 heavy (non-hydrogen) atoms. The molecule has 0 fully saturated rings. The summed E-state index contributed by atoms with van der Waals surface area (Å²) in [6.07, 6.45) is 2.28. The van der Waals surface area contributed by atoms with Crippen molar-refractivity contribution in [2.45, 2.75) is 20.0 Å². The summed E-state index contributed by atoms with van der Waals surface area (Å²) in [5.74, 6) is 0.580. The Balaban J connectivity index is 1.49. The fourth-order valence-corrected chi connectivity index (χ4v) is 2.46. The number of aliphatic hydroxyl groups is 1. The summed E-state index contributed by atoms with van der Waals surface area (Å²) in [5, 5.41) is 19.7. The summed E-state index contributed by atoms with van der Waals surface area (Å²) in [5.41, 5.74) is 2.01. The quantitative estimate of drug-likeness (QED) is 0.640. The van der Waals surface area contributed by atoms with Gasteiger partial charge in [-0.1, -0.05) is 30.3 Å². The van der Waals surface area contributed by atoms with E-state index in [4.69, 9.17) is 9.84 Å². The van der Waals surface area contributed by atoms with E-state index >= 15 is 0 Å². The van der Waals surface area contributed by atoms with Crippen LogP contribution in [-0.2, 0) is 11.4 Å². The molecule has 1 heterocycles. The number of carbonyl (C=O) groups excluding carboxylic acids is 1. The van der Waals surface area contributed by atoms with E-state index in [1.54, 1.807) is 23.0 Å². The van der Waals surface area contributed by atoms with Crippen LogP contribution in [0.15, 0.2) is 60.8 Å². The second kappa shape index (κ2) is 8.95. The predicted molar refractivity (Wildman–Crippen MR) is 102 cm³/mol. The zero-order chi connectivity index (χ0) is 19.1. The summed E-state index contributed by atoms with van der Waals surface area (Å²) in [6.45, 7) is 2.21. The molecule has 140 valence electrons. The Bertz CT molecular complexity index is 862. The minimum Gasteiger partial charge on any atom is -0.494 e. The maximum atomic E-state index is 12.3. The molecule has 7 heteroatoms. The van der Waals surface area contributed by atoms with Gasteiger partial charge in [-0.25, -0.2) is 4.68 Å². The van der Waals surface area contributed by atoms with E-state index < -0.39 is 0 Å². The third-order valence-electron chi connectivity index (χ3n) is 4.11. The Kier molecular flexibility index (Phi) is 6.17. The molecule has 1 unspecified atom stereocenters. The van der Waals surface area contributed by atoms with Crippen LogP contribution in [0.2, 0.25) is 0 Å². The smallest absolute Gasteiger partial charge is 0.227 e. The molecule has 0 saturated carbocycles. The van der Waals surface area contributed by atoms with Gasteiger partial charge < -0.3 is 15.2 Å². The van der Waals surface area contributed by atoms with Crippen molar-refractivity contribution in [3.8, 4) is 11.4 Å². The third-order valence-corrected chi connectivity index (χ3v) is 4.11. The van der Waals surface area contributed by atoms with Gasteiger partial charge in [0, 0.05) is 11.6 Å². The van der Waals surface area contributed by atoms with Gasteiger partial charge in [0.25, 0.3) is 0 Å². The predicted octanol–water partition coefficient (Wildman–Crippen LogP) is 2.80. The normalized spacial score (nSPS) is 11.8. The number of ether oxygens (including phenoxy) is 1. The van der Waals surface area contributed by atoms with E-state index in [-0.39, 0.29) is 18.4 Å². The van der Waals surface area contributed by atoms with Gasteiger partial charge in [-0.05, 0) is 42.8 Å². The van der Waals surface area contributed by atoms with Crippen molar-refractivity contribution in [2.75, 3.05) is 11.9 Å². The van der Waals surface area contributed by atoms with E-state index in [1.165, 1.54) is 0 Å². The molecule has 1 atom stereocenters. The van der Waals surface area contributed by atoms with Crippen LogP contribution in [0.1, 0.15) is 19.0 Å². The second-order valence-corrected chi connectivity index (χ2v) is 6.20. The lowest BCUT2D eigenvalue weighted by atomic mass is 10.1. The standard InChI is InChI=1S/C20H22N4O3/c1-15(11-12-27-19-5-3-2-4-6-19)20(26)21-16-7-9-18(10-8-16)24-13-17(14-25)22-23-24/h2-10,13,15,25H,11-12,14H2,1H3,(H,21,26). The van der Waals surface area contributed by atoms with Crippen LogP contribution >= 0.6 is 0 Å². The number of hydrogen-bond acceptors (Lipinski definition) is 5. The summed E-state index contributed by atoms with van der Waals surface area (Å²) in [7, 11) is 0. The topological polar surface area (TPSA) is 89.3 Å². The van der Waals surface area contributed by atoms with Gasteiger partial charge in [0.15, 0.2) is 0 Å². The molecule has 0 saturated heterocycles. The lowest BCUT2D eigenvalue weighted by Gasteiger charge is -2.13. The van der Waals surface area contributed by atoms with Crippen LogP contribution in [-0.4, -0.2) is 32.6 Å². The fraction of sp³-hybridized carbons (Fsp3) is 0.250. The van der Waals surface area contributed by atoms with E-state index in [0.29, 0.717) is 24.4 Å². The van der Waals surface area contributed by atoms with E-state index in [0.717, 1.165) is 11.4 Å². The van der Waals surface area contributed by atoms with E-state index in [1.807, 2.05) is 49.4 Å². The van der Waals surface area contributed by atoms with Crippen molar-refractivity contribution in [1.29, 1.82) is 0 Å². The SMILES string of the molecule is CC(CCOc1ccccc1)C(=O)Nc1ccc(-n2cc(CO)nn2)cc1. The van der Waals surface area contributed by atoms with Crippen LogP contribution in [0.4, 0.5) is 5.69 Å². The average molecular weight is 366 g/mol. The lowest BCUT2D eigenvalue weighted by Crippen LogP contribution is -2.22. The van der Waals surface area contributed by atoms with Crippen LogP contribution in [0.25, 0.3) is 5.69 Å². The molecule has 3 aromatic rings. The summed E-state index contributed by atoms with van der Waals surface area (Å²) in [6, 6.07) is 16.8. The van der Waals surface area contributed by atoms with E-state index in [9.17, 15) is 4.79 Å². The highest BCUT2D eigenvalue weighted by Crippen LogP contribution is 2.15. The molecule has 0 radical (unpaired) electrons. The number of aliphatic hydroxyl groups excluding tert-OH is 1. The highest BCUT2D eigenvalue weighted by atomic mass is 16.5. The maximum Gasteiger partial charge on any atom is 0.227 e. The first-order chi connectivity index (χ1) is 13.2. The molecule has 0 spiro atoms. The molecular formula is C20H22N4O3. The average Bonchev–Trinajstić information content (AvgIpc) is 3.18. The Morgan fingerprint density at radius 2 is 1.93 bits per heavy atom. The number of nitrogens with one attached hydrogen (secondary N) is 1. The molecule has 1 amide bonds. The van der Waals surface area contributed by atoms with Gasteiger partial charge in [-0.2, -0.15) is 0 Å². The molecule has 0 aliphatic heterocycles. The van der Waals surface area contributed by atoms with Gasteiger partial charge in [0.2, 0.25) is 5.91 Å². The zero-order valence-corrected chi connectivity index (χ0v) is 15.1. The van der Waals surface area contributed by atoms with E-state index in [2.05, 4.69) is 15.6 Å².